The van der Waals surface area contributed by atoms with E-state index >= 15 is 0 Å². The van der Waals surface area contributed by atoms with E-state index in [9.17, 15) is 14.0 Å². The van der Waals surface area contributed by atoms with Crippen LogP contribution in [0.5, 0.6) is 0 Å². The average molecular weight is 652 g/mol. The van der Waals surface area contributed by atoms with E-state index in [0.29, 0.717) is 29.9 Å². The molecule has 248 valence electrons. The molecule has 4 heterocycles. The van der Waals surface area contributed by atoms with E-state index in [1.807, 2.05) is 12.1 Å². The van der Waals surface area contributed by atoms with Crippen LogP contribution in [-0.2, 0) is 11.2 Å². The summed E-state index contributed by atoms with van der Waals surface area (Å²) in [5, 5.41) is 15.0. The first-order chi connectivity index (χ1) is 23.1. The largest absolute Gasteiger partial charge is 0.371 e. The van der Waals surface area contributed by atoms with Crippen molar-refractivity contribution in [3.63, 3.8) is 0 Å². The molecule has 2 aromatic heterocycles. The second-order valence-corrected chi connectivity index (χ2v) is 12.1. The Morgan fingerprint density at radius 1 is 1.10 bits per heavy atom. The number of hydrogen-bond donors (Lipinski definition) is 1. The van der Waals surface area contributed by atoms with Crippen molar-refractivity contribution in [3.05, 3.63) is 103 Å². The molecule has 0 radical (unpaired) electrons. The number of benzene rings is 2. The number of hydrogen-bond acceptors (Lipinski definition) is 9. The summed E-state index contributed by atoms with van der Waals surface area (Å²) in [6, 6.07) is 12.6. The van der Waals surface area contributed by atoms with E-state index in [0.717, 1.165) is 53.0 Å². The number of halogens is 1. The lowest BCUT2D eigenvalue weighted by atomic mass is 9.89. The molecule has 1 fully saturated rings. The minimum Gasteiger partial charge on any atom is -0.371 e. The molecule has 12 nitrogen and oxygen atoms in total. The number of nitrogens with one attached hydrogen (secondary N) is 1. The summed E-state index contributed by atoms with van der Waals surface area (Å²) in [7, 11) is 4.23. The molecule has 2 aliphatic rings. The number of nitrogens with zero attached hydrogens (tertiary/aromatic N) is 8. The Morgan fingerprint density at radius 2 is 1.85 bits per heavy atom. The fraction of sp³-hybridized carbons (Fsp3) is 0.314. The van der Waals surface area contributed by atoms with E-state index < -0.39 is 17.8 Å². The van der Waals surface area contributed by atoms with Gasteiger partial charge in [-0.1, -0.05) is 41.7 Å². The summed E-state index contributed by atoms with van der Waals surface area (Å²) < 4.78 is 20.4. The molecule has 48 heavy (non-hydrogen) atoms. The number of carbonyl (C=O) groups excluding carboxylic acids is 2. The number of aryl methyl sites for hydroxylation is 1. The molecule has 1 saturated heterocycles. The van der Waals surface area contributed by atoms with E-state index in [1.165, 1.54) is 23.2 Å². The topological polar surface area (TPSA) is 126 Å². The minimum atomic E-state index is -0.968. The highest BCUT2D eigenvalue weighted by molar-refractivity contribution is 6.01. The number of anilines is 2. The molecule has 6 rings (SSSR count). The van der Waals surface area contributed by atoms with Crippen LogP contribution in [-0.4, -0.2) is 86.5 Å². The van der Waals surface area contributed by atoms with Crippen LogP contribution < -0.4 is 10.2 Å². The Labute approximate surface area is 278 Å². The van der Waals surface area contributed by atoms with E-state index in [4.69, 9.17) is 4.52 Å². The van der Waals surface area contributed by atoms with Crippen molar-refractivity contribution in [2.45, 2.75) is 38.3 Å². The smallest absolute Gasteiger partial charge is 0.277 e. The molecule has 2 aromatic carbocycles. The van der Waals surface area contributed by atoms with Gasteiger partial charge in [0.15, 0.2) is 5.69 Å². The Morgan fingerprint density at radius 3 is 2.50 bits per heavy atom. The zero-order chi connectivity index (χ0) is 33.9. The number of aromatic nitrogens is 5. The van der Waals surface area contributed by atoms with Crippen LogP contribution in [0.15, 0.2) is 84.3 Å². The first kappa shape index (κ1) is 32.5. The Bertz CT molecular complexity index is 1870. The molecule has 2 amide bonds. The summed E-state index contributed by atoms with van der Waals surface area (Å²) in [6.07, 6.45) is 6.72. The van der Waals surface area contributed by atoms with Crippen LogP contribution in [0, 0.1) is 6.92 Å². The fourth-order valence-electron chi connectivity index (χ4n) is 6.43. The van der Waals surface area contributed by atoms with Gasteiger partial charge in [0.25, 0.3) is 11.8 Å². The minimum absolute atomic E-state index is 0.00283. The SMILES string of the molecule is C=C/C=C(\C(=C)F)n1cc(C(=O)N2CCc3c(cccc3N3CCC(N(C)C)CC3)C2C(=O)Nc2ccc(-c3noc(C)n3)cc2)nn1. The molecular formula is C35H38FN9O3. The number of carbonyl (C=O) groups is 2. The third-order valence-electron chi connectivity index (χ3n) is 8.89. The van der Waals surface area contributed by atoms with Crippen molar-refractivity contribution in [2.24, 2.45) is 0 Å². The number of fused-ring (bicyclic) bond motifs is 1. The summed E-state index contributed by atoms with van der Waals surface area (Å²) >= 11 is 0. The van der Waals surface area contributed by atoms with Gasteiger partial charge in [-0.3, -0.25) is 9.59 Å². The maximum absolute atomic E-state index is 14.2. The molecule has 0 bridgehead atoms. The maximum atomic E-state index is 14.2. The first-order valence-electron chi connectivity index (χ1n) is 15.8. The third-order valence-corrected chi connectivity index (χ3v) is 8.89. The van der Waals surface area contributed by atoms with Crippen molar-refractivity contribution >= 4 is 28.9 Å². The maximum Gasteiger partial charge on any atom is 0.277 e. The fourth-order valence-corrected chi connectivity index (χ4v) is 6.43. The van der Waals surface area contributed by atoms with E-state index in [-0.39, 0.29) is 23.8 Å². The molecule has 0 spiro atoms. The molecule has 1 unspecified atom stereocenters. The Balaban J connectivity index is 1.32. The third kappa shape index (κ3) is 6.54. The van der Waals surface area contributed by atoms with Gasteiger partial charge in [0.2, 0.25) is 11.7 Å². The first-order valence-corrected chi connectivity index (χ1v) is 15.8. The standard InChI is InChI=1S/C35H38FN9O3/c1-6-8-30(22(2)36)45-21-29(39-41-45)35(47)44-20-17-27-28(9-7-10-31(27)43-18-15-26(16-19-43)42(4)5)32(44)34(46)38-25-13-11-24(12-14-25)33-37-23(3)48-40-33/h6-14,21,26,32H,1-2,15-20H2,3-5H3,(H,38,46)/b30-8+. The normalized spacial score (nSPS) is 16.9. The van der Waals surface area contributed by atoms with Gasteiger partial charge < -0.3 is 24.5 Å². The highest BCUT2D eigenvalue weighted by atomic mass is 19.1. The van der Waals surface area contributed by atoms with Crippen LogP contribution >= 0.6 is 0 Å². The van der Waals surface area contributed by atoms with Gasteiger partial charge in [-0.25, -0.2) is 9.07 Å². The van der Waals surface area contributed by atoms with Crippen molar-refractivity contribution < 1.29 is 18.5 Å². The molecule has 1 atom stereocenters. The highest BCUT2D eigenvalue weighted by Crippen LogP contribution is 2.38. The Kier molecular flexibility index (Phi) is 9.30. The molecule has 1 N–H and O–H groups in total. The van der Waals surface area contributed by atoms with Gasteiger partial charge in [-0.15, -0.1) is 5.10 Å². The number of piperidine rings is 1. The molecular weight excluding hydrogens is 613 g/mol. The van der Waals surface area contributed by atoms with Crippen molar-refractivity contribution in [2.75, 3.05) is 43.9 Å². The average Bonchev–Trinajstić information content (AvgIpc) is 3.76. The highest BCUT2D eigenvalue weighted by Gasteiger charge is 2.39. The summed E-state index contributed by atoms with van der Waals surface area (Å²) in [4.78, 5) is 38.7. The predicted molar refractivity (Wildman–Crippen MR) is 181 cm³/mol. The lowest BCUT2D eigenvalue weighted by Gasteiger charge is -2.41. The van der Waals surface area contributed by atoms with Crippen molar-refractivity contribution in [1.82, 2.24) is 34.9 Å². The lowest BCUT2D eigenvalue weighted by molar-refractivity contribution is -0.121. The van der Waals surface area contributed by atoms with Gasteiger partial charge >= 0.3 is 0 Å². The zero-order valence-electron chi connectivity index (χ0n) is 27.3. The predicted octanol–water partition coefficient (Wildman–Crippen LogP) is 5.06. The van der Waals surface area contributed by atoms with Crippen molar-refractivity contribution in [3.8, 4) is 11.4 Å². The second kappa shape index (κ2) is 13.7. The zero-order valence-corrected chi connectivity index (χ0v) is 27.3. The summed E-state index contributed by atoms with van der Waals surface area (Å²) in [5.74, 6) is -0.749. The van der Waals surface area contributed by atoms with Gasteiger partial charge in [-0.2, -0.15) is 4.98 Å². The van der Waals surface area contributed by atoms with Gasteiger partial charge in [0.1, 0.15) is 17.6 Å². The molecule has 2 aliphatic heterocycles. The summed E-state index contributed by atoms with van der Waals surface area (Å²) in [6.45, 7) is 10.7. The van der Waals surface area contributed by atoms with Crippen LogP contribution in [0.4, 0.5) is 15.8 Å². The molecule has 0 aliphatic carbocycles. The lowest BCUT2D eigenvalue weighted by Crippen LogP contribution is -2.46. The number of allylic oxidation sites excluding steroid dienone is 4. The van der Waals surface area contributed by atoms with Gasteiger partial charge in [0.05, 0.1) is 6.20 Å². The van der Waals surface area contributed by atoms with Gasteiger partial charge in [-0.05, 0) is 80.9 Å². The number of rotatable bonds is 9. The van der Waals surface area contributed by atoms with Crippen LogP contribution in [0.3, 0.4) is 0 Å². The second-order valence-electron chi connectivity index (χ2n) is 12.1. The van der Waals surface area contributed by atoms with E-state index in [1.54, 1.807) is 31.2 Å². The Hall–Kier alpha value is -5.43. The van der Waals surface area contributed by atoms with Crippen LogP contribution in [0.25, 0.3) is 17.1 Å². The summed E-state index contributed by atoms with van der Waals surface area (Å²) in [5.41, 5.74) is 4.11. The molecule has 0 saturated carbocycles. The quantitative estimate of drug-likeness (QED) is 0.247. The van der Waals surface area contributed by atoms with Gasteiger partial charge in [0, 0.05) is 49.5 Å². The molecule has 4 aromatic rings. The number of amides is 2. The van der Waals surface area contributed by atoms with Crippen molar-refractivity contribution in [1.29, 1.82) is 0 Å². The van der Waals surface area contributed by atoms with Crippen LogP contribution in [0.2, 0.25) is 0 Å². The van der Waals surface area contributed by atoms with Crippen LogP contribution in [0.1, 0.15) is 46.4 Å². The van der Waals surface area contributed by atoms with E-state index in [2.05, 4.69) is 68.9 Å². The monoisotopic (exact) mass is 651 g/mol. The molecule has 13 heteroatoms.